The van der Waals surface area contributed by atoms with Gasteiger partial charge in [0.15, 0.2) is 5.82 Å². The molecule has 8 nitrogen and oxygen atoms in total. The number of rotatable bonds is 6. The van der Waals surface area contributed by atoms with Crippen LogP contribution in [-0.4, -0.2) is 37.2 Å². The number of hydrogen-bond donors (Lipinski definition) is 2. The molecule has 26 heavy (non-hydrogen) atoms. The molecule has 3 heterocycles. The van der Waals surface area contributed by atoms with E-state index in [0.717, 1.165) is 11.1 Å². The summed E-state index contributed by atoms with van der Waals surface area (Å²) in [7, 11) is 0. The Hall–Kier alpha value is -3.29. The molecule has 8 heteroatoms. The van der Waals surface area contributed by atoms with Crippen LogP contribution in [0.5, 0.6) is 5.88 Å². The first-order valence-corrected chi connectivity index (χ1v) is 8.25. The lowest BCUT2D eigenvalue weighted by Crippen LogP contribution is -2.24. The lowest BCUT2D eigenvalue weighted by Gasteiger charge is -2.10. The van der Waals surface area contributed by atoms with Crippen molar-refractivity contribution in [3.8, 4) is 17.4 Å². The number of ether oxygens (including phenoxy) is 1. The predicted octanol–water partition coefficient (Wildman–Crippen LogP) is 2.29. The minimum absolute atomic E-state index is 0.0726. The second-order valence-electron chi connectivity index (χ2n) is 6.07. The van der Waals surface area contributed by atoms with Crippen LogP contribution in [0.3, 0.4) is 0 Å². The molecule has 3 aromatic heterocycles. The summed E-state index contributed by atoms with van der Waals surface area (Å²) in [5.74, 6) is 0.939. The fourth-order valence-corrected chi connectivity index (χ4v) is 2.36. The molecule has 0 unspecified atom stereocenters. The lowest BCUT2D eigenvalue weighted by molar-refractivity contribution is 0.0950. The topological polar surface area (TPSA) is 106 Å². The number of pyridine rings is 2. The van der Waals surface area contributed by atoms with Crippen molar-refractivity contribution in [2.75, 3.05) is 0 Å². The van der Waals surface area contributed by atoms with Gasteiger partial charge in [-0.05, 0) is 38.0 Å². The molecule has 0 radical (unpaired) electrons. The normalized spacial score (nSPS) is 10.8. The van der Waals surface area contributed by atoms with Gasteiger partial charge in [0.05, 0.1) is 11.7 Å². The van der Waals surface area contributed by atoms with Crippen LogP contribution in [0.4, 0.5) is 0 Å². The van der Waals surface area contributed by atoms with Gasteiger partial charge in [0.1, 0.15) is 12.0 Å². The summed E-state index contributed by atoms with van der Waals surface area (Å²) in [6, 6.07) is 5.47. The second-order valence-corrected chi connectivity index (χ2v) is 6.07. The number of nitrogens with one attached hydrogen (secondary N) is 2. The van der Waals surface area contributed by atoms with Gasteiger partial charge in [-0.15, -0.1) is 0 Å². The molecule has 0 aliphatic rings. The third-order valence-corrected chi connectivity index (χ3v) is 3.62. The third-order valence-electron chi connectivity index (χ3n) is 3.62. The van der Waals surface area contributed by atoms with Gasteiger partial charge >= 0.3 is 0 Å². The molecule has 0 fully saturated rings. The average molecular weight is 352 g/mol. The maximum Gasteiger partial charge on any atom is 0.253 e. The van der Waals surface area contributed by atoms with Gasteiger partial charge in [0.2, 0.25) is 5.88 Å². The highest BCUT2D eigenvalue weighted by Gasteiger charge is 2.12. The molecule has 0 saturated carbocycles. The van der Waals surface area contributed by atoms with Crippen LogP contribution in [0.2, 0.25) is 0 Å². The highest BCUT2D eigenvalue weighted by Crippen LogP contribution is 2.15. The van der Waals surface area contributed by atoms with Crippen molar-refractivity contribution < 1.29 is 9.53 Å². The van der Waals surface area contributed by atoms with Gasteiger partial charge in [-0.2, -0.15) is 5.10 Å². The number of H-pyrrole nitrogens is 1. The van der Waals surface area contributed by atoms with E-state index in [1.807, 2.05) is 26.8 Å². The number of aromatic amines is 1. The van der Waals surface area contributed by atoms with Gasteiger partial charge in [-0.25, -0.2) is 9.97 Å². The summed E-state index contributed by atoms with van der Waals surface area (Å²) < 4.78 is 5.50. The van der Waals surface area contributed by atoms with E-state index in [1.165, 1.54) is 6.33 Å². The molecule has 0 bridgehead atoms. The Labute approximate surface area is 151 Å². The van der Waals surface area contributed by atoms with Crippen LogP contribution in [-0.2, 0) is 6.54 Å². The fourth-order valence-electron chi connectivity index (χ4n) is 2.36. The van der Waals surface area contributed by atoms with Crippen molar-refractivity contribution >= 4 is 5.91 Å². The molecule has 134 valence electrons. The number of nitrogens with zero attached hydrogens (tertiary/aromatic N) is 4. The average Bonchev–Trinajstić information content (AvgIpc) is 3.15. The van der Waals surface area contributed by atoms with Crippen LogP contribution >= 0.6 is 0 Å². The number of aryl methyl sites for hydroxylation is 1. The first-order valence-electron chi connectivity index (χ1n) is 8.25. The molecule has 0 spiro atoms. The Kier molecular flexibility index (Phi) is 5.21. The molecule has 3 aromatic rings. The Bertz CT molecular complexity index is 875. The molecule has 3 rings (SSSR count). The number of hydrogen-bond acceptors (Lipinski definition) is 6. The zero-order valence-corrected chi connectivity index (χ0v) is 14.9. The van der Waals surface area contributed by atoms with E-state index in [0.29, 0.717) is 29.5 Å². The van der Waals surface area contributed by atoms with Crippen molar-refractivity contribution in [1.82, 2.24) is 30.5 Å². The maximum atomic E-state index is 12.4. The monoisotopic (exact) mass is 352 g/mol. The fraction of sp³-hybridized carbons (Fsp3) is 0.278. The molecular formula is C18H20N6O2. The highest BCUT2D eigenvalue weighted by atomic mass is 16.5. The third kappa shape index (κ3) is 4.21. The summed E-state index contributed by atoms with van der Waals surface area (Å²) in [5, 5.41) is 9.43. The summed E-state index contributed by atoms with van der Waals surface area (Å²) in [4.78, 5) is 25.0. The quantitative estimate of drug-likeness (QED) is 0.705. The van der Waals surface area contributed by atoms with Crippen LogP contribution in [0, 0.1) is 6.92 Å². The largest absolute Gasteiger partial charge is 0.475 e. The van der Waals surface area contributed by atoms with E-state index in [9.17, 15) is 4.79 Å². The van der Waals surface area contributed by atoms with Gasteiger partial charge in [0.25, 0.3) is 5.91 Å². The first kappa shape index (κ1) is 17.5. The van der Waals surface area contributed by atoms with Crippen LogP contribution in [0.1, 0.15) is 35.3 Å². The van der Waals surface area contributed by atoms with E-state index in [2.05, 4.69) is 30.5 Å². The van der Waals surface area contributed by atoms with E-state index < -0.39 is 0 Å². The van der Waals surface area contributed by atoms with E-state index in [1.54, 1.807) is 24.5 Å². The molecular weight excluding hydrogens is 332 g/mol. The van der Waals surface area contributed by atoms with Gasteiger partial charge in [-0.1, -0.05) is 6.07 Å². The van der Waals surface area contributed by atoms with E-state index in [4.69, 9.17) is 4.74 Å². The summed E-state index contributed by atoms with van der Waals surface area (Å²) in [5.41, 5.74) is 2.85. The van der Waals surface area contributed by atoms with Crippen molar-refractivity contribution in [3.05, 3.63) is 53.6 Å². The van der Waals surface area contributed by atoms with E-state index in [-0.39, 0.29) is 12.0 Å². The molecule has 1 amide bonds. The summed E-state index contributed by atoms with van der Waals surface area (Å²) in [6.07, 6.45) is 4.72. The van der Waals surface area contributed by atoms with Crippen LogP contribution in [0.25, 0.3) is 11.5 Å². The number of amides is 1. The first-order chi connectivity index (χ1) is 12.5. The second kappa shape index (κ2) is 7.73. The minimum Gasteiger partial charge on any atom is -0.475 e. The smallest absolute Gasteiger partial charge is 0.253 e. The molecule has 0 aromatic carbocycles. The number of carbonyl (C=O) groups is 1. The summed E-state index contributed by atoms with van der Waals surface area (Å²) in [6.45, 7) is 6.12. The van der Waals surface area contributed by atoms with Crippen LogP contribution < -0.4 is 10.1 Å². The van der Waals surface area contributed by atoms with Gasteiger partial charge < -0.3 is 10.1 Å². The number of aromatic nitrogens is 5. The SMILES string of the molecule is Cc1cc(-c2ncn[nH]2)ncc1C(=O)NCc1ccc(OC(C)C)nc1. The Balaban J connectivity index is 1.63. The summed E-state index contributed by atoms with van der Waals surface area (Å²) >= 11 is 0. The highest BCUT2D eigenvalue weighted by molar-refractivity contribution is 5.95. The van der Waals surface area contributed by atoms with Crippen molar-refractivity contribution in [1.29, 1.82) is 0 Å². The molecule has 0 aliphatic carbocycles. The number of carbonyl (C=O) groups excluding carboxylic acids is 1. The molecule has 0 aliphatic heterocycles. The van der Waals surface area contributed by atoms with Crippen molar-refractivity contribution in [2.24, 2.45) is 0 Å². The zero-order chi connectivity index (χ0) is 18.5. The van der Waals surface area contributed by atoms with E-state index >= 15 is 0 Å². The molecule has 0 saturated heterocycles. The zero-order valence-electron chi connectivity index (χ0n) is 14.9. The van der Waals surface area contributed by atoms with Crippen molar-refractivity contribution in [2.45, 2.75) is 33.4 Å². The molecule has 0 atom stereocenters. The Morgan fingerprint density at radius 1 is 1.23 bits per heavy atom. The van der Waals surface area contributed by atoms with Gasteiger partial charge in [-0.3, -0.25) is 14.9 Å². The lowest BCUT2D eigenvalue weighted by atomic mass is 10.1. The maximum absolute atomic E-state index is 12.4. The van der Waals surface area contributed by atoms with Crippen molar-refractivity contribution in [3.63, 3.8) is 0 Å². The van der Waals surface area contributed by atoms with Gasteiger partial charge in [0, 0.05) is 25.0 Å². The Morgan fingerprint density at radius 2 is 2.08 bits per heavy atom. The van der Waals surface area contributed by atoms with Crippen LogP contribution in [0.15, 0.2) is 36.9 Å². The predicted molar refractivity (Wildman–Crippen MR) is 95.5 cm³/mol. The standard InChI is InChI=1S/C18H20N6O2/c1-11(2)26-16-5-4-13(7-20-16)8-21-18(25)14-9-19-15(6-12(14)3)17-22-10-23-24-17/h4-7,9-11H,8H2,1-3H3,(H,21,25)(H,22,23,24). The Morgan fingerprint density at radius 3 is 2.69 bits per heavy atom. The minimum atomic E-state index is -0.193. The molecule has 2 N–H and O–H groups in total.